The van der Waals surface area contributed by atoms with Crippen LogP contribution in [0.25, 0.3) is 0 Å². The Bertz CT molecular complexity index is 644. The van der Waals surface area contributed by atoms with Crippen LogP contribution in [0.1, 0.15) is 26.2 Å². The Hall–Kier alpha value is -1.67. The van der Waals surface area contributed by atoms with E-state index in [0.717, 1.165) is 25.3 Å². The molecule has 1 unspecified atom stereocenters. The Kier molecular flexibility index (Phi) is 4.48. The molecule has 116 valence electrons. The van der Waals surface area contributed by atoms with Gasteiger partial charge in [0.2, 0.25) is 10.0 Å². The third kappa shape index (κ3) is 3.01. The van der Waals surface area contributed by atoms with Crippen molar-refractivity contribution in [3.8, 4) is 5.75 Å². The van der Waals surface area contributed by atoms with Gasteiger partial charge in [-0.05, 0) is 31.9 Å². The van der Waals surface area contributed by atoms with Crippen LogP contribution in [0.15, 0.2) is 23.1 Å². The van der Waals surface area contributed by atoms with E-state index in [9.17, 15) is 18.5 Å². The van der Waals surface area contributed by atoms with E-state index in [-0.39, 0.29) is 16.7 Å². The lowest BCUT2D eigenvalue weighted by molar-refractivity contribution is -0.387. The highest BCUT2D eigenvalue weighted by atomic mass is 32.2. The molecule has 1 heterocycles. The number of rotatable bonds is 4. The summed E-state index contributed by atoms with van der Waals surface area (Å²) < 4.78 is 31.7. The standard InChI is InChI=1S/C13H18N2O5S/c1-10-5-3-4-8-14(10)21(18,19)13-7-6-11(20-2)9-12(13)15(16)17/h6-7,9-10H,3-5,8H2,1-2H3. The van der Waals surface area contributed by atoms with Crippen molar-refractivity contribution >= 4 is 15.7 Å². The van der Waals surface area contributed by atoms with E-state index in [4.69, 9.17) is 4.74 Å². The van der Waals surface area contributed by atoms with Gasteiger partial charge in [0.15, 0.2) is 4.90 Å². The molecule has 0 spiro atoms. The lowest BCUT2D eigenvalue weighted by atomic mass is 10.1. The fraction of sp³-hybridized carbons (Fsp3) is 0.538. The summed E-state index contributed by atoms with van der Waals surface area (Å²) in [4.78, 5) is 10.2. The second kappa shape index (κ2) is 5.98. The van der Waals surface area contributed by atoms with Gasteiger partial charge in [-0.25, -0.2) is 8.42 Å². The maximum absolute atomic E-state index is 12.7. The fourth-order valence-corrected chi connectivity index (χ4v) is 4.38. The number of ether oxygens (including phenoxy) is 1. The molecule has 1 aliphatic heterocycles. The zero-order valence-corrected chi connectivity index (χ0v) is 12.8. The molecule has 0 aromatic heterocycles. The predicted octanol–water partition coefficient (Wildman–Crippen LogP) is 2.17. The topological polar surface area (TPSA) is 89.8 Å². The van der Waals surface area contributed by atoms with E-state index >= 15 is 0 Å². The molecule has 0 radical (unpaired) electrons. The number of hydrogen-bond donors (Lipinski definition) is 0. The molecule has 1 aromatic carbocycles. The fourth-order valence-electron chi connectivity index (χ4n) is 2.54. The molecule has 1 atom stereocenters. The van der Waals surface area contributed by atoms with Crippen molar-refractivity contribution in [2.75, 3.05) is 13.7 Å². The number of nitro benzene ring substituents is 1. The van der Waals surface area contributed by atoms with Gasteiger partial charge < -0.3 is 4.74 Å². The molecule has 2 rings (SSSR count). The Morgan fingerprint density at radius 3 is 2.67 bits per heavy atom. The third-order valence-electron chi connectivity index (χ3n) is 3.69. The molecular weight excluding hydrogens is 296 g/mol. The molecule has 7 nitrogen and oxygen atoms in total. The normalized spacial score (nSPS) is 20.2. The highest BCUT2D eigenvalue weighted by molar-refractivity contribution is 7.89. The van der Waals surface area contributed by atoms with E-state index in [1.807, 2.05) is 6.92 Å². The van der Waals surface area contributed by atoms with Gasteiger partial charge in [0.1, 0.15) is 5.75 Å². The summed E-state index contributed by atoms with van der Waals surface area (Å²) in [5.74, 6) is 0.257. The van der Waals surface area contributed by atoms with Gasteiger partial charge in [-0.3, -0.25) is 10.1 Å². The molecule has 0 bridgehead atoms. The van der Waals surface area contributed by atoms with Crippen molar-refractivity contribution in [1.29, 1.82) is 0 Å². The zero-order valence-electron chi connectivity index (χ0n) is 12.0. The maximum atomic E-state index is 12.7. The van der Waals surface area contributed by atoms with E-state index in [1.54, 1.807) is 0 Å². The number of nitrogens with zero attached hydrogens (tertiary/aromatic N) is 2. The Balaban J connectivity index is 2.51. The molecule has 1 aromatic rings. The average molecular weight is 314 g/mol. The highest BCUT2D eigenvalue weighted by Crippen LogP contribution is 2.33. The molecule has 8 heteroatoms. The highest BCUT2D eigenvalue weighted by Gasteiger charge is 2.35. The van der Waals surface area contributed by atoms with Crippen LogP contribution in [-0.2, 0) is 10.0 Å². The van der Waals surface area contributed by atoms with Gasteiger partial charge in [0, 0.05) is 12.6 Å². The van der Waals surface area contributed by atoms with Crippen LogP contribution >= 0.6 is 0 Å². The van der Waals surface area contributed by atoms with Crippen LogP contribution in [0.5, 0.6) is 5.75 Å². The van der Waals surface area contributed by atoms with Gasteiger partial charge in [-0.2, -0.15) is 4.31 Å². The molecule has 21 heavy (non-hydrogen) atoms. The number of benzene rings is 1. The van der Waals surface area contributed by atoms with Crippen molar-refractivity contribution in [3.05, 3.63) is 28.3 Å². The first-order valence-corrected chi connectivity index (χ1v) is 8.16. The Morgan fingerprint density at radius 2 is 2.10 bits per heavy atom. The number of sulfonamides is 1. The molecule has 0 N–H and O–H groups in total. The van der Waals surface area contributed by atoms with Crippen LogP contribution in [0.4, 0.5) is 5.69 Å². The van der Waals surface area contributed by atoms with Crippen LogP contribution in [0.3, 0.4) is 0 Å². The first-order chi connectivity index (χ1) is 9.87. The lowest BCUT2D eigenvalue weighted by Crippen LogP contribution is -2.42. The largest absolute Gasteiger partial charge is 0.497 e. The minimum Gasteiger partial charge on any atom is -0.497 e. The summed E-state index contributed by atoms with van der Waals surface area (Å²) in [5, 5.41) is 11.2. The molecule has 0 aliphatic carbocycles. The predicted molar refractivity (Wildman–Crippen MR) is 76.9 cm³/mol. The van der Waals surface area contributed by atoms with Gasteiger partial charge in [0.05, 0.1) is 18.1 Å². The quantitative estimate of drug-likeness (QED) is 0.627. The van der Waals surface area contributed by atoms with Crippen molar-refractivity contribution < 1.29 is 18.1 Å². The van der Waals surface area contributed by atoms with E-state index in [0.29, 0.717) is 6.54 Å². The number of methoxy groups -OCH3 is 1. The maximum Gasteiger partial charge on any atom is 0.293 e. The number of nitro groups is 1. The minimum atomic E-state index is -3.88. The van der Waals surface area contributed by atoms with Crippen molar-refractivity contribution in [2.24, 2.45) is 0 Å². The first-order valence-electron chi connectivity index (χ1n) is 6.72. The van der Waals surface area contributed by atoms with Crippen molar-refractivity contribution in [1.82, 2.24) is 4.31 Å². The summed E-state index contributed by atoms with van der Waals surface area (Å²) in [6.07, 6.45) is 2.51. The molecule has 1 fully saturated rings. The van der Waals surface area contributed by atoms with E-state index in [2.05, 4.69) is 0 Å². The molecule has 1 saturated heterocycles. The lowest BCUT2D eigenvalue weighted by Gasteiger charge is -2.32. The molecular formula is C13H18N2O5S. The molecule has 0 saturated carbocycles. The monoisotopic (exact) mass is 314 g/mol. The van der Waals surface area contributed by atoms with Gasteiger partial charge in [-0.1, -0.05) is 6.42 Å². The SMILES string of the molecule is COc1ccc(S(=O)(=O)N2CCCCC2C)c([N+](=O)[O-])c1. The number of piperidine rings is 1. The van der Waals surface area contributed by atoms with E-state index in [1.165, 1.54) is 23.5 Å². The molecule has 1 aliphatic rings. The van der Waals surface area contributed by atoms with Gasteiger partial charge in [-0.15, -0.1) is 0 Å². The van der Waals surface area contributed by atoms with E-state index < -0.39 is 20.6 Å². The van der Waals surface area contributed by atoms with Crippen LogP contribution in [0, 0.1) is 10.1 Å². The average Bonchev–Trinajstić information content (AvgIpc) is 2.46. The van der Waals surface area contributed by atoms with Gasteiger partial charge >= 0.3 is 0 Å². The van der Waals surface area contributed by atoms with Crippen LogP contribution in [0.2, 0.25) is 0 Å². The van der Waals surface area contributed by atoms with Crippen molar-refractivity contribution in [2.45, 2.75) is 37.1 Å². The van der Waals surface area contributed by atoms with Crippen molar-refractivity contribution in [3.63, 3.8) is 0 Å². The summed E-state index contributed by atoms with van der Waals surface area (Å²) >= 11 is 0. The third-order valence-corrected chi connectivity index (χ3v) is 5.75. The molecule has 0 amide bonds. The summed E-state index contributed by atoms with van der Waals surface area (Å²) in [5.41, 5.74) is -0.452. The minimum absolute atomic E-state index is 0.148. The Labute approximate surface area is 123 Å². The summed E-state index contributed by atoms with van der Waals surface area (Å²) in [6, 6.07) is 3.66. The Morgan fingerprint density at radius 1 is 1.38 bits per heavy atom. The first kappa shape index (κ1) is 15.7. The zero-order chi connectivity index (χ0) is 15.6. The van der Waals surface area contributed by atoms with Crippen LogP contribution in [-0.4, -0.2) is 37.3 Å². The smallest absolute Gasteiger partial charge is 0.293 e. The summed E-state index contributed by atoms with van der Waals surface area (Å²) in [7, 11) is -2.50. The second-order valence-electron chi connectivity index (χ2n) is 5.05. The van der Waals surface area contributed by atoms with Crippen LogP contribution < -0.4 is 4.74 Å². The summed E-state index contributed by atoms with van der Waals surface area (Å²) in [6.45, 7) is 2.22. The van der Waals surface area contributed by atoms with Gasteiger partial charge in [0.25, 0.3) is 5.69 Å². The second-order valence-corrected chi connectivity index (χ2v) is 6.91. The number of hydrogen-bond acceptors (Lipinski definition) is 5.